The van der Waals surface area contributed by atoms with E-state index in [4.69, 9.17) is 0 Å². The molecule has 3 aliphatic carbocycles. The summed E-state index contributed by atoms with van der Waals surface area (Å²) >= 11 is 0. The van der Waals surface area contributed by atoms with E-state index in [0.717, 1.165) is 38.5 Å². The highest BCUT2D eigenvalue weighted by atomic mass is 32.2. The summed E-state index contributed by atoms with van der Waals surface area (Å²) in [5.74, 6) is -2.67. The Morgan fingerprint density at radius 1 is 0.939 bits per heavy atom. The highest BCUT2D eigenvalue weighted by Crippen LogP contribution is 2.65. The highest BCUT2D eigenvalue weighted by Gasteiger charge is 2.69. The Balaban J connectivity index is 1.54. The second-order valence-electron chi connectivity index (χ2n) is 18.1. The Bertz CT molecular complexity index is 1400. The number of Topliss-reactive ketones (excluding diaryl/α,β-unsaturated/α-hetero) is 2. The van der Waals surface area contributed by atoms with E-state index < -0.39 is 61.3 Å². The van der Waals surface area contributed by atoms with E-state index in [9.17, 15) is 32.4 Å². The number of ketones is 2. The topological polar surface area (TPSA) is 159 Å². The van der Waals surface area contributed by atoms with Gasteiger partial charge in [-0.05, 0) is 75.5 Å². The van der Waals surface area contributed by atoms with Gasteiger partial charge in [0.1, 0.15) is 6.04 Å². The fourth-order valence-electron chi connectivity index (χ4n) is 8.03. The van der Waals surface area contributed by atoms with Gasteiger partial charge in [0.2, 0.25) is 11.7 Å². The standard InChI is InChI=1S/C37H62N4O7S/c1-10-11-15-23(29(43)31(44)38-24-16-17-24)20-26(42)28-27-25(36(27,8)9)21-41(28)32(45)30(34(2,3)4)39-33(46)40-37(18-13-12-14-19-37)22-49(47,48)35(5,6)7/h23-25,27-28,30H,10-22H2,1-9H3,(H,38,44)(H2,39,40,46)/t23-,25+,27+,28-,30-/m1/s1. The number of hydrogen-bond acceptors (Lipinski definition) is 7. The maximum absolute atomic E-state index is 14.5. The SMILES string of the molecule is CCCC[C@H](CC(=O)[C@@H]1[C@@H]2[C@H](CN1C(=O)[C@@H](NC(=O)NC1(CS(=O)(=O)C(C)(C)C)CCCCC1)C(C)(C)C)C2(C)C)C(=O)C(=O)NC1CC1. The molecule has 0 unspecified atom stereocenters. The molecule has 0 radical (unpaired) electrons. The summed E-state index contributed by atoms with van der Waals surface area (Å²) in [7, 11) is -3.55. The molecule has 0 spiro atoms. The summed E-state index contributed by atoms with van der Waals surface area (Å²) in [5, 5.41) is 8.70. The van der Waals surface area contributed by atoms with E-state index in [1.54, 1.807) is 25.7 Å². The first-order valence-electron chi connectivity index (χ1n) is 18.5. The monoisotopic (exact) mass is 706 g/mol. The number of nitrogens with zero attached hydrogens (tertiary/aromatic N) is 1. The first kappa shape index (κ1) is 39.3. The molecule has 1 saturated heterocycles. The van der Waals surface area contributed by atoms with Crippen LogP contribution in [0.15, 0.2) is 0 Å². The lowest BCUT2D eigenvalue weighted by atomic mass is 9.83. The normalized spacial score (nSPS) is 25.8. The fourth-order valence-corrected chi connectivity index (χ4v) is 9.55. The molecule has 0 aromatic rings. The number of urea groups is 1. The van der Waals surface area contributed by atoms with Crippen LogP contribution in [0.5, 0.6) is 0 Å². The van der Waals surface area contributed by atoms with Gasteiger partial charge in [0.05, 0.1) is 22.1 Å². The van der Waals surface area contributed by atoms with Gasteiger partial charge in [-0.3, -0.25) is 19.2 Å². The molecule has 12 heteroatoms. The first-order chi connectivity index (χ1) is 22.5. The van der Waals surface area contributed by atoms with Crippen molar-refractivity contribution in [3.8, 4) is 0 Å². The Morgan fingerprint density at radius 2 is 1.55 bits per heavy atom. The van der Waals surface area contributed by atoms with Crippen molar-refractivity contribution in [1.29, 1.82) is 0 Å². The number of unbranched alkanes of at least 4 members (excludes halogenated alkanes) is 1. The van der Waals surface area contributed by atoms with Crippen LogP contribution in [0.3, 0.4) is 0 Å². The largest absolute Gasteiger partial charge is 0.347 e. The zero-order chi connectivity index (χ0) is 36.7. The number of piperidine rings is 1. The van der Waals surface area contributed by atoms with E-state index >= 15 is 0 Å². The molecule has 5 atom stereocenters. The van der Waals surface area contributed by atoms with E-state index in [-0.39, 0.29) is 47.2 Å². The second kappa shape index (κ2) is 14.3. The molecule has 1 aliphatic heterocycles. The van der Waals surface area contributed by atoms with Crippen LogP contribution < -0.4 is 16.0 Å². The van der Waals surface area contributed by atoms with Crippen LogP contribution in [-0.2, 0) is 29.0 Å². The minimum Gasteiger partial charge on any atom is -0.347 e. The van der Waals surface area contributed by atoms with Crippen molar-refractivity contribution in [2.45, 2.75) is 161 Å². The predicted molar refractivity (Wildman–Crippen MR) is 189 cm³/mol. The molecule has 4 amide bonds. The molecule has 49 heavy (non-hydrogen) atoms. The third kappa shape index (κ3) is 8.87. The molecule has 3 N–H and O–H groups in total. The van der Waals surface area contributed by atoms with Crippen LogP contribution in [0.25, 0.3) is 0 Å². The zero-order valence-electron chi connectivity index (χ0n) is 31.4. The van der Waals surface area contributed by atoms with Crippen LogP contribution >= 0.6 is 0 Å². The Morgan fingerprint density at radius 3 is 2.08 bits per heavy atom. The maximum Gasteiger partial charge on any atom is 0.315 e. The minimum absolute atomic E-state index is 0.0323. The van der Waals surface area contributed by atoms with Crippen molar-refractivity contribution < 1.29 is 32.4 Å². The van der Waals surface area contributed by atoms with Crippen molar-refractivity contribution >= 4 is 39.2 Å². The van der Waals surface area contributed by atoms with Crippen molar-refractivity contribution in [1.82, 2.24) is 20.9 Å². The molecule has 3 saturated carbocycles. The van der Waals surface area contributed by atoms with Gasteiger partial charge in [-0.15, -0.1) is 0 Å². The Labute approximate surface area is 294 Å². The molecule has 4 rings (SSSR count). The summed E-state index contributed by atoms with van der Waals surface area (Å²) in [6, 6.07) is -2.32. The van der Waals surface area contributed by atoms with E-state index in [0.29, 0.717) is 32.2 Å². The predicted octanol–water partition coefficient (Wildman–Crippen LogP) is 4.71. The number of amides is 4. The highest BCUT2D eigenvalue weighted by molar-refractivity contribution is 7.92. The van der Waals surface area contributed by atoms with Crippen molar-refractivity contribution in [3.05, 3.63) is 0 Å². The first-order valence-corrected chi connectivity index (χ1v) is 20.2. The van der Waals surface area contributed by atoms with Crippen LogP contribution in [0, 0.1) is 28.6 Å². The lowest BCUT2D eigenvalue weighted by Gasteiger charge is -2.41. The summed E-state index contributed by atoms with van der Waals surface area (Å²) in [6.07, 6.45) is 7.16. The smallest absolute Gasteiger partial charge is 0.315 e. The molecule has 1 heterocycles. The molecular formula is C37H62N4O7S. The summed E-state index contributed by atoms with van der Waals surface area (Å²) < 4.78 is 25.6. The van der Waals surface area contributed by atoms with Gasteiger partial charge in [-0.1, -0.05) is 73.6 Å². The van der Waals surface area contributed by atoms with Crippen LogP contribution in [-0.4, -0.2) is 83.4 Å². The average molecular weight is 707 g/mol. The van der Waals surface area contributed by atoms with Gasteiger partial charge in [0.15, 0.2) is 15.6 Å². The van der Waals surface area contributed by atoms with Gasteiger partial charge in [0.25, 0.3) is 5.91 Å². The molecule has 4 fully saturated rings. The molecule has 0 bridgehead atoms. The van der Waals surface area contributed by atoms with E-state index in [1.807, 2.05) is 27.7 Å². The lowest BCUT2D eigenvalue weighted by molar-refractivity contribution is -0.145. The molecule has 4 aliphatic rings. The number of sulfone groups is 1. The van der Waals surface area contributed by atoms with Crippen LogP contribution in [0.2, 0.25) is 0 Å². The number of carbonyl (C=O) groups excluding carboxylic acids is 5. The molecular weight excluding hydrogens is 644 g/mol. The number of likely N-dealkylation sites (tertiary alicyclic amines) is 1. The number of hydrogen-bond donors (Lipinski definition) is 3. The number of carbonyl (C=O) groups is 5. The third-order valence-corrected chi connectivity index (χ3v) is 14.5. The fraction of sp³-hybridized carbons (Fsp3) is 0.865. The van der Waals surface area contributed by atoms with Crippen molar-refractivity contribution in [2.75, 3.05) is 12.3 Å². The van der Waals surface area contributed by atoms with Gasteiger partial charge in [-0.2, -0.15) is 0 Å². The molecule has 11 nitrogen and oxygen atoms in total. The van der Waals surface area contributed by atoms with Crippen LogP contribution in [0.4, 0.5) is 4.79 Å². The summed E-state index contributed by atoms with van der Waals surface area (Å²) in [5.41, 5.74) is -1.83. The lowest BCUT2D eigenvalue weighted by Crippen LogP contribution is -2.63. The molecule has 278 valence electrons. The molecule has 0 aromatic carbocycles. The van der Waals surface area contributed by atoms with E-state index in [1.165, 1.54) is 0 Å². The Kier molecular flexibility index (Phi) is 11.4. The summed E-state index contributed by atoms with van der Waals surface area (Å²) in [4.78, 5) is 70.0. The quantitative estimate of drug-likeness (QED) is 0.221. The van der Waals surface area contributed by atoms with Crippen LogP contribution in [0.1, 0.15) is 133 Å². The maximum atomic E-state index is 14.5. The second-order valence-corrected chi connectivity index (χ2v) is 20.9. The van der Waals surface area contributed by atoms with Gasteiger partial charge < -0.3 is 20.9 Å². The van der Waals surface area contributed by atoms with Crippen molar-refractivity contribution in [3.63, 3.8) is 0 Å². The zero-order valence-corrected chi connectivity index (χ0v) is 32.2. The van der Waals surface area contributed by atoms with Gasteiger partial charge in [-0.25, -0.2) is 13.2 Å². The number of rotatable bonds is 14. The van der Waals surface area contributed by atoms with Gasteiger partial charge in [0, 0.05) is 24.9 Å². The Hall–Kier alpha value is -2.50. The molecule has 0 aromatic heterocycles. The summed E-state index contributed by atoms with van der Waals surface area (Å²) in [6.45, 7) is 17.1. The average Bonchev–Trinajstić information content (AvgIpc) is 3.83. The number of fused-ring (bicyclic) bond motifs is 1. The number of nitrogens with one attached hydrogen (secondary N) is 3. The van der Waals surface area contributed by atoms with E-state index in [2.05, 4.69) is 29.8 Å². The minimum atomic E-state index is -3.55. The third-order valence-electron chi connectivity index (χ3n) is 11.7. The van der Waals surface area contributed by atoms with Crippen molar-refractivity contribution in [2.24, 2.45) is 28.6 Å². The van der Waals surface area contributed by atoms with Gasteiger partial charge >= 0.3 is 6.03 Å².